The minimum Gasteiger partial charge on any atom is -0.316 e. The molecule has 0 aliphatic carbocycles. The van der Waals surface area contributed by atoms with Gasteiger partial charge in [0.15, 0.2) is 0 Å². The molecule has 1 nitrogen and oxygen atoms in total. The van der Waals surface area contributed by atoms with Crippen LogP contribution in [0, 0.1) is 11.6 Å². The van der Waals surface area contributed by atoms with Gasteiger partial charge >= 0.3 is 0 Å². The van der Waals surface area contributed by atoms with Crippen molar-refractivity contribution in [3.05, 3.63) is 65.2 Å². The van der Waals surface area contributed by atoms with Crippen LogP contribution < -0.4 is 5.32 Å². The van der Waals surface area contributed by atoms with Gasteiger partial charge in [-0.05, 0) is 42.4 Å². The van der Waals surface area contributed by atoms with Gasteiger partial charge in [-0.1, -0.05) is 12.1 Å². The van der Waals surface area contributed by atoms with E-state index < -0.39 is 11.6 Å². The summed E-state index contributed by atoms with van der Waals surface area (Å²) in [4.78, 5) is 1.09. The third-order valence-corrected chi connectivity index (χ3v) is 3.72. The molecule has 0 fully saturated rings. The number of halogens is 2. The number of nitrogens with one attached hydrogen (secondary N) is 1. The summed E-state index contributed by atoms with van der Waals surface area (Å²) in [6, 6.07) is 11.8. The number of hydrogen-bond acceptors (Lipinski definition) is 2. The summed E-state index contributed by atoms with van der Waals surface area (Å²) in [5.74, 6) is -0.500. The highest BCUT2D eigenvalue weighted by Crippen LogP contribution is 2.23. The van der Waals surface area contributed by atoms with Gasteiger partial charge in [0.05, 0.1) is 0 Å². The number of hydrogen-bond donors (Lipinski definition) is 1. The zero-order valence-electron chi connectivity index (χ0n) is 10.6. The summed E-state index contributed by atoms with van der Waals surface area (Å²) in [5.41, 5.74) is 1.87. The molecule has 0 radical (unpaired) electrons. The van der Waals surface area contributed by atoms with Crippen LogP contribution in [0.3, 0.4) is 0 Å². The Bertz CT molecular complexity index is 520. The molecule has 0 atom stereocenters. The maximum atomic E-state index is 13.0. The molecule has 0 heterocycles. The molecule has 0 aliphatic heterocycles. The average molecular weight is 279 g/mol. The Labute approximate surface area is 116 Å². The van der Waals surface area contributed by atoms with E-state index in [4.69, 9.17) is 0 Å². The van der Waals surface area contributed by atoms with Crippen LogP contribution in [-0.2, 0) is 12.3 Å². The molecule has 0 amide bonds. The van der Waals surface area contributed by atoms with Gasteiger partial charge < -0.3 is 5.32 Å². The van der Waals surface area contributed by atoms with E-state index in [9.17, 15) is 8.78 Å². The number of benzene rings is 2. The summed E-state index contributed by atoms with van der Waals surface area (Å²) in [5, 5.41) is 3.08. The molecule has 0 saturated carbocycles. The van der Waals surface area contributed by atoms with Crippen LogP contribution in [-0.4, -0.2) is 7.05 Å². The van der Waals surface area contributed by atoms with Crippen molar-refractivity contribution in [1.29, 1.82) is 0 Å². The Balaban J connectivity index is 1.98. The lowest BCUT2D eigenvalue weighted by atomic mass is 10.2. The molecule has 0 bridgehead atoms. The van der Waals surface area contributed by atoms with Crippen molar-refractivity contribution >= 4 is 11.8 Å². The van der Waals surface area contributed by atoms with E-state index in [2.05, 4.69) is 5.32 Å². The van der Waals surface area contributed by atoms with Crippen LogP contribution in [0.1, 0.15) is 11.1 Å². The minimum atomic E-state index is -0.528. The van der Waals surface area contributed by atoms with Crippen LogP contribution in [0.4, 0.5) is 8.78 Å². The summed E-state index contributed by atoms with van der Waals surface area (Å²) in [7, 11) is 1.90. The second-order valence-corrected chi connectivity index (χ2v) is 5.29. The highest BCUT2D eigenvalue weighted by atomic mass is 32.2. The third kappa shape index (κ3) is 4.33. The highest BCUT2D eigenvalue weighted by molar-refractivity contribution is 7.98. The standard InChI is InChI=1S/C15H15F2NS/c1-18-9-11-2-4-15(5-3-11)19-10-12-6-13(16)8-14(17)7-12/h2-8,18H,9-10H2,1H3. The first kappa shape index (κ1) is 14.0. The molecule has 100 valence electrons. The molecular weight excluding hydrogens is 264 g/mol. The van der Waals surface area contributed by atoms with Crippen molar-refractivity contribution in [2.75, 3.05) is 7.05 Å². The summed E-state index contributed by atoms with van der Waals surface area (Å²) in [6.45, 7) is 0.833. The van der Waals surface area contributed by atoms with Gasteiger partial charge in [-0.2, -0.15) is 0 Å². The van der Waals surface area contributed by atoms with Gasteiger partial charge in [0, 0.05) is 23.3 Å². The largest absolute Gasteiger partial charge is 0.316 e. The van der Waals surface area contributed by atoms with Gasteiger partial charge in [0.25, 0.3) is 0 Å². The Hall–Kier alpha value is -1.39. The van der Waals surface area contributed by atoms with E-state index >= 15 is 0 Å². The van der Waals surface area contributed by atoms with E-state index in [0.29, 0.717) is 11.3 Å². The van der Waals surface area contributed by atoms with Crippen molar-refractivity contribution in [1.82, 2.24) is 5.32 Å². The molecule has 4 heteroatoms. The van der Waals surface area contributed by atoms with E-state index in [0.717, 1.165) is 17.5 Å². The van der Waals surface area contributed by atoms with Crippen molar-refractivity contribution < 1.29 is 8.78 Å². The molecule has 1 N–H and O–H groups in total. The van der Waals surface area contributed by atoms with Crippen molar-refractivity contribution in [3.8, 4) is 0 Å². The van der Waals surface area contributed by atoms with Crippen LogP contribution in [0.2, 0.25) is 0 Å². The molecule has 0 saturated heterocycles. The summed E-state index contributed by atoms with van der Waals surface area (Å²) < 4.78 is 26.1. The van der Waals surface area contributed by atoms with Crippen LogP contribution >= 0.6 is 11.8 Å². The van der Waals surface area contributed by atoms with Crippen LogP contribution in [0.15, 0.2) is 47.4 Å². The first-order valence-corrected chi connectivity index (χ1v) is 6.97. The minimum absolute atomic E-state index is 0.528. The van der Waals surface area contributed by atoms with Gasteiger partial charge in [0.1, 0.15) is 11.6 Å². The predicted octanol–water partition coefficient (Wildman–Crippen LogP) is 3.98. The number of thioether (sulfide) groups is 1. The van der Waals surface area contributed by atoms with Crippen molar-refractivity contribution in [2.45, 2.75) is 17.2 Å². The van der Waals surface area contributed by atoms with Gasteiger partial charge in [0.2, 0.25) is 0 Å². The van der Waals surface area contributed by atoms with Crippen LogP contribution in [0.25, 0.3) is 0 Å². The quantitative estimate of drug-likeness (QED) is 0.831. The van der Waals surface area contributed by atoms with Gasteiger partial charge in [-0.25, -0.2) is 8.78 Å². The zero-order chi connectivity index (χ0) is 13.7. The SMILES string of the molecule is CNCc1ccc(SCc2cc(F)cc(F)c2)cc1. The van der Waals surface area contributed by atoms with Gasteiger partial charge in [-0.15, -0.1) is 11.8 Å². The first-order valence-electron chi connectivity index (χ1n) is 5.98. The topological polar surface area (TPSA) is 12.0 Å². The Morgan fingerprint density at radius 1 is 0.947 bits per heavy atom. The molecule has 19 heavy (non-hydrogen) atoms. The Morgan fingerprint density at radius 3 is 2.16 bits per heavy atom. The van der Waals surface area contributed by atoms with E-state index in [1.807, 2.05) is 31.3 Å². The summed E-state index contributed by atoms with van der Waals surface area (Å²) >= 11 is 1.56. The Morgan fingerprint density at radius 2 is 1.58 bits per heavy atom. The zero-order valence-corrected chi connectivity index (χ0v) is 11.4. The average Bonchev–Trinajstić information content (AvgIpc) is 2.37. The van der Waals surface area contributed by atoms with Crippen LogP contribution in [0.5, 0.6) is 0 Å². The predicted molar refractivity (Wildman–Crippen MR) is 75.1 cm³/mol. The fraction of sp³-hybridized carbons (Fsp3) is 0.200. The molecule has 2 aromatic carbocycles. The first-order chi connectivity index (χ1) is 9.17. The lowest BCUT2D eigenvalue weighted by Gasteiger charge is -2.05. The van der Waals surface area contributed by atoms with Crippen molar-refractivity contribution in [3.63, 3.8) is 0 Å². The van der Waals surface area contributed by atoms with Gasteiger partial charge in [-0.3, -0.25) is 0 Å². The maximum Gasteiger partial charge on any atom is 0.126 e. The van der Waals surface area contributed by atoms with Crippen molar-refractivity contribution in [2.24, 2.45) is 0 Å². The lowest BCUT2D eigenvalue weighted by molar-refractivity contribution is 0.581. The fourth-order valence-electron chi connectivity index (χ4n) is 1.77. The molecule has 2 rings (SSSR count). The molecule has 0 spiro atoms. The molecule has 0 aromatic heterocycles. The normalized spacial score (nSPS) is 10.7. The summed E-state index contributed by atoms with van der Waals surface area (Å²) in [6.07, 6.45) is 0. The molecule has 0 unspecified atom stereocenters. The van der Waals surface area contributed by atoms with E-state index in [-0.39, 0.29) is 0 Å². The second kappa shape index (κ2) is 6.68. The Kier molecular flexibility index (Phi) is 4.93. The van der Waals surface area contributed by atoms with E-state index in [1.54, 1.807) is 11.8 Å². The smallest absolute Gasteiger partial charge is 0.126 e. The number of rotatable bonds is 5. The fourth-order valence-corrected chi connectivity index (χ4v) is 2.60. The molecule has 2 aromatic rings. The molecule has 0 aliphatic rings. The van der Waals surface area contributed by atoms with E-state index in [1.165, 1.54) is 17.7 Å². The maximum absolute atomic E-state index is 13.0. The second-order valence-electron chi connectivity index (χ2n) is 4.24. The lowest BCUT2D eigenvalue weighted by Crippen LogP contribution is -2.04. The monoisotopic (exact) mass is 279 g/mol. The molecular formula is C15H15F2NS. The third-order valence-electron chi connectivity index (χ3n) is 2.63. The highest BCUT2D eigenvalue weighted by Gasteiger charge is 2.02.